The van der Waals surface area contributed by atoms with Crippen molar-refractivity contribution in [1.82, 2.24) is 14.9 Å². The number of benzene rings is 1. The SMILES string of the molecule is O=C(C1CCCN(c2ncccn2)C1)N1CCN(c2ccc([N+](=O)[O-])cc2)CC1. The molecular weight excluding hydrogens is 372 g/mol. The van der Waals surface area contributed by atoms with E-state index in [0.29, 0.717) is 25.6 Å². The van der Waals surface area contributed by atoms with Gasteiger partial charge in [0, 0.05) is 69.5 Å². The summed E-state index contributed by atoms with van der Waals surface area (Å²) in [7, 11) is 0. The van der Waals surface area contributed by atoms with Gasteiger partial charge in [-0.1, -0.05) is 0 Å². The number of carbonyl (C=O) groups is 1. The number of piperidine rings is 1. The van der Waals surface area contributed by atoms with Gasteiger partial charge in [-0.15, -0.1) is 0 Å². The van der Waals surface area contributed by atoms with Gasteiger partial charge in [0.2, 0.25) is 11.9 Å². The molecule has 0 aliphatic carbocycles. The van der Waals surface area contributed by atoms with Crippen LogP contribution in [0.15, 0.2) is 42.7 Å². The number of nitro groups is 1. The largest absolute Gasteiger partial charge is 0.368 e. The fraction of sp³-hybridized carbons (Fsp3) is 0.450. The average Bonchev–Trinajstić information content (AvgIpc) is 2.79. The Morgan fingerprint density at radius 2 is 1.69 bits per heavy atom. The zero-order valence-corrected chi connectivity index (χ0v) is 16.2. The molecule has 9 heteroatoms. The molecule has 0 radical (unpaired) electrons. The van der Waals surface area contributed by atoms with Crippen LogP contribution in [-0.4, -0.2) is 65.0 Å². The first-order valence-electron chi connectivity index (χ1n) is 9.92. The van der Waals surface area contributed by atoms with Crippen LogP contribution >= 0.6 is 0 Å². The Morgan fingerprint density at radius 3 is 2.34 bits per heavy atom. The first-order chi connectivity index (χ1) is 14.1. The van der Waals surface area contributed by atoms with Crippen molar-refractivity contribution in [2.24, 2.45) is 5.92 Å². The lowest BCUT2D eigenvalue weighted by Crippen LogP contribution is -2.52. The molecule has 0 N–H and O–H groups in total. The molecule has 152 valence electrons. The second kappa shape index (κ2) is 8.42. The summed E-state index contributed by atoms with van der Waals surface area (Å²) >= 11 is 0. The first kappa shape index (κ1) is 19.1. The number of piperazine rings is 1. The van der Waals surface area contributed by atoms with E-state index < -0.39 is 4.92 Å². The standard InChI is InChI=1S/C20H24N6O3/c27-19(16-3-1-10-25(15-16)20-21-8-2-9-22-20)24-13-11-23(12-14-24)17-4-6-18(7-5-17)26(28)29/h2,4-9,16H,1,3,10-15H2. The van der Waals surface area contributed by atoms with Gasteiger partial charge in [0.05, 0.1) is 10.8 Å². The maximum atomic E-state index is 13.1. The molecule has 0 bridgehead atoms. The van der Waals surface area contributed by atoms with Crippen molar-refractivity contribution in [3.63, 3.8) is 0 Å². The van der Waals surface area contributed by atoms with Crippen LogP contribution in [-0.2, 0) is 4.79 Å². The summed E-state index contributed by atoms with van der Waals surface area (Å²) in [6, 6.07) is 8.38. The van der Waals surface area contributed by atoms with E-state index in [1.54, 1.807) is 30.6 Å². The molecule has 2 aliphatic heterocycles. The number of nitrogens with zero attached hydrogens (tertiary/aromatic N) is 6. The molecule has 1 atom stereocenters. The number of hydrogen-bond donors (Lipinski definition) is 0. The molecule has 2 aliphatic rings. The van der Waals surface area contributed by atoms with Crippen molar-refractivity contribution in [1.29, 1.82) is 0 Å². The number of rotatable bonds is 4. The van der Waals surface area contributed by atoms with Crippen molar-refractivity contribution in [3.8, 4) is 0 Å². The molecule has 1 aromatic heterocycles. The first-order valence-corrected chi connectivity index (χ1v) is 9.92. The summed E-state index contributed by atoms with van der Waals surface area (Å²) in [6.07, 6.45) is 5.30. The topological polar surface area (TPSA) is 95.7 Å². The second-order valence-electron chi connectivity index (χ2n) is 7.42. The van der Waals surface area contributed by atoms with Gasteiger partial charge in [0.1, 0.15) is 0 Å². The lowest BCUT2D eigenvalue weighted by Gasteiger charge is -2.39. The minimum absolute atomic E-state index is 0.0292. The maximum Gasteiger partial charge on any atom is 0.269 e. The second-order valence-corrected chi connectivity index (χ2v) is 7.42. The Kier molecular flexibility index (Phi) is 5.55. The predicted octanol–water partition coefficient (Wildman–Crippen LogP) is 1.95. The van der Waals surface area contributed by atoms with Crippen LogP contribution in [0.2, 0.25) is 0 Å². The van der Waals surface area contributed by atoms with Crippen molar-refractivity contribution in [2.45, 2.75) is 12.8 Å². The molecule has 2 saturated heterocycles. The van der Waals surface area contributed by atoms with E-state index in [4.69, 9.17) is 0 Å². The number of carbonyl (C=O) groups excluding carboxylic acids is 1. The molecule has 2 aromatic rings. The van der Waals surface area contributed by atoms with Crippen molar-refractivity contribution in [3.05, 3.63) is 52.8 Å². The maximum absolute atomic E-state index is 13.1. The van der Waals surface area contributed by atoms with Crippen LogP contribution in [0.3, 0.4) is 0 Å². The van der Waals surface area contributed by atoms with Crippen LogP contribution < -0.4 is 9.80 Å². The molecule has 2 fully saturated rings. The highest BCUT2D eigenvalue weighted by molar-refractivity contribution is 5.80. The highest BCUT2D eigenvalue weighted by atomic mass is 16.6. The van der Waals surface area contributed by atoms with E-state index in [9.17, 15) is 14.9 Å². The zero-order chi connectivity index (χ0) is 20.2. The number of amides is 1. The van der Waals surface area contributed by atoms with Gasteiger partial charge in [0.25, 0.3) is 5.69 Å². The summed E-state index contributed by atoms with van der Waals surface area (Å²) in [5.74, 6) is 0.862. The normalized spacial score (nSPS) is 19.9. The lowest BCUT2D eigenvalue weighted by atomic mass is 9.96. The van der Waals surface area contributed by atoms with Gasteiger partial charge in [-0.25, -0.2) is 9.97 Å². The highest BCUT2D eigenvalue weighted by Crippen LogP contribution is 2.24. The third kappa shape index (κ3) is 4.28. The monoisotopic (exact) mass is 396 g/mol. The fourth-order valence-electron chi connectivity index (χ4n) is 4.04. The van der Waals surface area contributed by atoms with Gasteiger partial charge >= 0.3 is 0 Å². The van der Waals surface area contributed by atoms with Gasteiger partial charge in [0.15, 0.2) is 0 Å². The Labute approximate surface area is 169 Å². The fourth-order valence-corrected chi connectivity index (χ4v) is 4.04. The van der Waals surface area contributed by atoms with Crippen LogP contribution in [0.4, 0.5) is 17.3 Å². The van der Waals surface area contributed by atoms with Crippen LogP contribution in [0.1, 0.15) is 12.8 Å². The van der Waals surface area contributed by atoms with E-state index in [0.717, 1.165) is 38.2 Å². The van der Waals surface area contributed by atoms with E-state index >= 15 is 0 Å². The Hall–Kier alpha value is -3.23. The Balaban J connectivity index is 1.33. The number of anilines is 2. The summed E-state index contributed by atoms with van der Waals surface area (Å²) in [4.78, 5) is 38.3. The molecule has 1 amide bonds. The quantitative estimate of drug-likeness (QED) is 0.576. The Bertz CT molecular complexity index is 852. The van der Waals surface area contributed by atoms with Crippen LogP contribution in [0.25, 0.3) is 0 Å². The molecule has 4 rings (SSSR count). The number of aromatic nitrogens is 2. The zero-order valence-electron chi connectivity index (χ0n) is 16.2. The smallest absolute Gasteiger partial charge is 0.269 e. The number of nitro benzene ring substituents is 1. The summed E-state index contributed by atoms with van der Waals surface area (Å²) in [5, 5.41) is 10.8. The third-order valence-electron chi connectivity index (χ3n) is 5.62. The average molecular weight is 396 g/mol. The summed E-state index contributed by atoms with van der Waals surface area (Å²) in [5.41, 5.74) is 1.04. The number of hydrogen-bond acceptors (Lipinski definition) is 7. The summed E-state index contributed by atoms with van der Waals surface area (Å²) in [6.45, 7) is 4.30. The molecule has 1 unspecified atom stereocenters. The molecule has 1 aromatic carbocycles. The van der Waals surface area contributed by atoms with Crippen LogP contribution in [0.5, 0.6) is 0 Å². The number of non-ortho nitro benzene ring substituents is 1. The van der Waals surface area contributed by atoms with E-state index in [1.165, 1.54) is 12.1 Å². The third-order valence-corrected chi connectivity index (χ3v) is 5.62. The lowest BCUT2D eigenvalue weighted by molar-refractivity contribution is -0.384. The van der Waals surface area contributed by atoms with Gasteiger partial charge in [-0.05, 0) is 31.0 Å². The minimum atomic E-state index is -0.395. The van der Waals surface area contributed by atoms with E-state index in [-0.39, 0.29) is 17.5 Å². The van der Waals surface area contributed by atoms with Gasteiger partial charge < -0.3 is 14.7 Å². The summed E-state index contributed by atoms with van der Waals surface area (Å²) < 4.78 is 0. The molecule has 0 spiro atoms. The van der Waals surface area contributed by atoms with E-state index in [2.05, 4.69) is 19.8 Å². The van der Waals surface area contributed by atoms with Crippen LogP contribution in [0, 0.1) is 16.0 Å². The highest BCUT2D eigenvalue weighted by Gasteiger charge is 2.31. The molecule has 29 heavy (non-hydrogen) atoms. The van der Waals surface area contributed by atoms with Crippen molar-refractivity contribution in [2.75, 3.05) is 49.1 Å². The predicted molar refractivity (Wildman–Crippen MR) is 109 cm³/mol. The van der Waals surface area contributed by atoms with Crippen molar-refractivity contribution < 1.29 is 9.72 Å². The molecule has 9 nitrogen and oxygen atoms in total. The molecule has 0 saturated carbocycles. The minimum Gasteiger partial charge on any atom is -0.368 e. The molecule has 3 heterocycles. The van der Waals surface area contributed by atoms with E-state index in [1.807, 2.05) is 4.90 Å². The molecular formula is C20H24N6O3. The van der Waals surface area contributed by atoms with Gasteiger partial charge in [-0.2, -0.15) is 0 Å². The van der Waals surface area contributed by atoms with Crippen molar-refractivity contribution >= 4 is 23.2 Å². The Morgan fingerprint density at radius 1 is 1.00 bits per heavy atom. The van der Waals surface area contributed by atoms with Gasteiger partial charge in [-0.3, -0.25) is 14.9 Å².